The molecule has 1 aliphatic heterocycles. The number of carbonyl (C=O) groups is 1. The Bertz CT molecular complexity index is 422. The highest BCUT2D eigenvalue weighted by atomic mass is 32.2. The van der Waals surface area contributed by atoms with Gasteiger partial charge in [0.25, 0.3) is 5.91 Å². The first kappa shape index (κ1) is 12.2. The lowest BCUT2D eigenvalue weighted by Gasteiger charge is -2.22. The van der Waals surface area contributed by atoms with Gasteiger partial charge in [-0.05, 0) is 30.4 Å². The number of pyridine rings is 1. The molecular weight excluding hydrogens is 243 g/mol. The Labute approximate surface area is 103 Å². The Hall–Kier alpha value is -1.30. The van der Waals surface area contributed by atoms with Gasteiger partial charge >= 0.3 is 0 Å². The minimum absolute atomic E-state index is 0.00299. The van der Waals surface area contributed by atoms with Crippen molar-refractivity contribution in [2.75, 3.05) is 11.5 Å². The molecule has 17 heavy (non-hydrogen) atoms. The van der Waals surface area contributed by atoms with Crippen LogP contribution >= 0.6 is 11.8 Å². The molecule has 0 atom stereocenters. The molecule has 2 heterocycles. The summed E-state index contributed by atoms with van der Waals surface area (Å²) in [5.74, 6) is 0.869. The number of ether oxygens (including phenoxy) is 1. The number of aromatic nitrogens is 1. The largest absolute Gasteiger partial charge is 0.474 e. The van der Waals surface area contributed by atoms with Crippen LogP contribution in [0.15, 0.2) is 12.3 Å². The number of halogens is 1. The Kier molecular flexibility index (Phi) is 3.83. The van der Waals surface area contributed by atoms with Crippen LogP contribution in [0.5, 0.6) is 5.88 Å². The fourth-order valence-corrected chi connectivity index (χ4v) is 2.71. The Balaban J connectivity index is 2.16. The van der Waals surface area contributed by atoms with Gasteiger partial charge in [-0.15, -0.1) is 0 Å². The third-order valence-electron chi connectivity index (χ3n) is 2.53. The third-order valence-corrected chi connectivity index (χ3v) is 3.58. The van der Waals surface area contributed by atoms with Gasteiger partial charge in [-0.2, -0.15) is 11.8 Å². The summed E-state index contributed by atoms with van der Waals surface area (Å²) in [6, 6.07) is 1.06. The number of rotatable bonds is 3. The summed E-state index contributed by atoms with van der Waals surface area (Å²) in [5, 5.41) is 0. The van der Waals surface area contributed by atoms with Crippen LogP contribution in [-0.4, -0.2) is 28.5 Å². The molecular formula is C11H13FN2O2S. The second kappa shape index (κ2) is 5.35. The zero-order valence-corrected chi connectivity index (χ0v) is 10.0. The molecule has 1 fully saturated rings. The Morgan fingerprint density at radius 1 is 1.53 bits per heavy atom. The molecule has 4 nitrogen and oxygen atoms in total. The molecule has 0 saturated carbocycles. The van der Waals surface area contributed by atoms with Gasteiger partial charge in [-0.25, -0.2) is 9.37 Å². The molecule has 0 unspecified atom stereocenters. The van der Waals surface area contributed by atoms with Gasteiger partial charge in [0, 0.05) is 0 Å². The zero-order chi connectivity index (χ0) is 12.3. The number of hydrogen-bond acceptors (Lipinski definition) is 4. The molecule has 1 saturated heterocycles. The molecule has 0 spiro atoms. The fourth-order valence-electron chi connectivity index (χ4n) is 1.65. The lowest BCUT2D eigenvalue weighted by molar-refractivity contribution is 0.0989. The van der Waals surface area contributed by atoms with Gasteiger partial charge in [-0.1, -0.05) is 0 Å². The van der Waals surface area contributed by atoms with Gasteiger partial charge < -0.3 is 10.5 Å². The minimum Gasteiger partial charge on any atom is -0.474 e. The summed E-state index contributed by atoms with van der Waals surface area (Å²) in [6.07, 6.45) is 2.87. The van der Waals surface area contributed by atoms with Gasteiger partial charge in [-0.3, -0.25) is 4.79 Å². The summed E-state index contributed by atoms with van der Waals surface area (Å²) in [7, 11) is 0. The highest BCUT2D eigenvalue weighted by Gasteiger charge is 2.19. The van der Waals surface area contributed by atoms with Crippen LogP contribution in [0.25, 0.3) is 0 Å². The summed E-state index contributed by atoms with van der Waals surface area (Å²) < 4.78 is 18.6. The van der Waals surface area contributed by atoms with Crippen LogP contribution in [0.4, 0.5) is 4.39 Å². The second-order valence-corrected chi connectivity index (χ2v) is 5.02. The monoisotopic (exact) mass is 256 g/mol. The SMILES string of the molecule is NC(=O)c1cc(F)cnc1OC1CCSCC1. The van der Waals surface area contributed by atoms with Crippen LogP contribution in [0.1, 0.15) is 23.2 Å². The summed E-state index contributed by atoms with van der Waals surface area (Å²) in [6.45, 7) is 0. The molecule has 0 radical (unpaired) electrons. The first-order chi connectivity index (χ1) is 8.16. The fraction of sp³-hybridized carbons (Fsp3) is 0.455. The van der Waals surface area contributed by atoms with E-state index in [1.54, 1.807) is 0 Å². The number of carbonyl (C=O) groups excluding carboxylic acids is 1. The third kappa shape index (κ3) is 3.09. The molecule has 0 aliphatic carbocycles. The highest BCUT2D eigenvalue weighted by Crippen LogP contribution is 2.23. The average Bonchev–Trinajstić information content (AvgIpc) is 2.32. The van der Waals surface area contributed by atoms with Crippen molar-refractivity contribution in [3.63, 3.8) is 0 Å². The van der Waals surface area contributed by atoms with Crippen molar-refractivity contribution < 1.29 is 13.9 Å². The first-order valence-corrected chi connectivity index (χ1v) is 6.52. The summed E-state index contributed by atoms with van der Waals surface area (Å²) in [5.41, 5.74) is 5.16. The zero-order valence-electron chi connectivity index (χ0n) is 9.19. The predicted molar refractivity (Wildman–Crippen MR) is 63.7 cm³/mol. The van der Waals surface area contributed by atoms with Crippen molar-refractivity contribution in [3.05, 3.63) is 23.6 Å². The predicted octanol–water partition coefficient (Wildman–Crippen LogP) is 1.59. The quantitative estimate of drug-likeness (QED) is 0.892. The first-order valence-electron chi connectivity index (χ1n) is 5.36. The number of hydrogen-bond donors (Lipinski definition) is 1. The van der Waals surface area contributed by atoms with Crippen molar-refractivity contribution in [2.24, 2.45) is 5.73 Å². The van der Waals surface area contributed by atoms with Crippen molar-refractivity contribution in [1.82, 2.24) is 4.98 Å². The van der Waals surface area contributed by atoms with E-state index in [0.717, 1.165) is 36.6 Å². The van der Waals surface area contributed by atoms with E-state index >= 15 is 0 Å². The van der Waals surface area contributed by atoms with E-state index in [4.69, 9.17) is 10.5 Å². The maximum Gasteiger partial charge on any atom is 0.254 e. The van der Waals surface area contributed by atoms with E-state index in [1.807, 2.05) is 11.8 Å². The molecule has 0 aromatic carbocycles. The second-order valence-electron chi connectivity index (χ2n) is 3.80. The lowest BCUT2D eigenvalue weighted by Crippen LogP contribution is -2.24. The van der Waals surface area contributed by atoms with Crippen molar-refractivity contribution in [1.29, 1.82) is 0 Å². The minimum atomic E-state index is -0.725. The number of amides is 1. The van der Waals surface area contributed by atoms with Crippen LogP contribution in [-0.2, 0) is 0 Å². The molecule has 2 rings (SSSR count). The molecule has 2 N–H and O–H groups in total. The topological polar surface area (TPSA) is 65.2 Å². The number of thioether (sulfide) groups is 1. The van der Waals surface area contributed by atoms with Crippen LogP contribution in [0, 0.1) is 5.82 Å². The van der Waals surface area contributed by atoms with E-state index in [9.17, 15) is 9.18 Å². The molecule has 92 valence electrons. The lowest BCUT2D eigenvalue weighted by atomic mass is 10.2. The molecule has 0 bridgehead atoms. The molecule has 1 aliphatic rings. The molecule has 1 amide bonds. The van der Waals surface area contributed by atoms with Gasteiger partial charge in [0.2, 0.25) is 5.88 Å². The Morgan fingerprint density at radius 2 is 2.24 bits per heavy atom. The van der Waals surface area contributed by atoms with E-state index < -0.39 is 11.7 Å². The number of nitrogens with two attached hydrogens (primary N) is 1. The van der Waals surface area contributed by atoms with Crippen LogP contribution in [0.2, 0.25) is 0 Å². The van der Waals surface area contributed by atoms with Crippen molar-refractivity contribution in [2.45, 2.75) is 18.9 Å². The van der Waals surface area contributed by atoms with Crippen molar-refractivity contribution >= 4 is 17.7 Å². The average molecular weight is 256 g/mol. The Morgan fingerprint density at radius 3 is 2.88 bits per heavy atom. The molecule has 1 aromatic rings. The van der Waals surface area contributed by atoms with Gasteiger partial charge in [0.15, 0.2) is 0 Å². The number of primary amides is 1. The summed E-state index contributed by atoms with van der Waals surface area (Å²) in [4.78, 5) is 14.9. The van der Waals surface area contributed by atoms with E-state index in [1.165, 1.54) is 0 Å². The van der Waals surface area contributed by atoms with E-state index in [0.29, 0.717) is 0 Å². The standard InChI is InChI=1S/C11H13FN2O2S/c12-7-5-9(10(13)15)11(14-6-7)16-8-1-3-17-4-2-8/h5-6,8H,1-4H2,(H2,13,15). The van der Waals surface area contributed by atoms with E-state index in [2.05, 4.69) is 4.98 Å². The summed E-state index contributed by atoms with van der Waals surface area (Å²) >= 11 is 1.87. The van der Waals surface area contributed by atoms with Crippen molar-refractivity contribution in [3.8, 4) is 5.88 Å². The van der Waals surface area contributed by atoms with Gasteiger partial charge in [0.1, 0.15) is 17.5 Å². The molecule has 1 aromatic heterocycles. The normalized spacial score (nSPS) is 16.8. The van der Waals surface area contributed by atoms with Gasteiger partial charge in [0.05, 0.1) is 6.20 Å². The highest BCUT2D eigenvalue weighted by molar-refractivity contribution is 7.99. The smallest absolute Gasteiger partial charge is 0.254 e. The van der Waals surface area contributed by atoms with E-state index in [-0.39, 0.29) is 17.5 Å². The van der Waals surface area contributed by atoms with Crippen LogP contribution in [0.3, 0.4) is 0 Å². The number of nitrogens with zero attached hydrogens (tertiary/aromatic N) is 1. The maximum absolute atomic E-state index is 13.0. The molecule has 6 heteroatoms. The van der Waals surface area contributed by atoms with Crippen LogP contribution < -0.4 is 10.5 Å². The maximum atomic E-state index is 13.0.